The number of non-ortho nitro benzene ring substituents is 1. The van der Waals surface area contributed by atoms with E-state index in [0.29, 0.717) is 10.6 Å². The molecule has 8 nitrogen and oxygen atoms in total. The SMILES string of the molecule is O=C(CN(Cc1c(Cl)cccc1Cl)S(=O)(=O)c1ccc(Cl)cc1)Nc1cccc([N+](=O)[O-])c1. The Morgan fingerprint density at radius 2 is 1.58 bits per heavy atom. The van der Waals surface area contributed by atoms with Crippen LogP contribution in [-0.4, -0.2) is 30.1 Å². The van der Waals surface area contributed by atoms with Crippen molar-refractivity contribution in [3.63, 3.8) is 0 Å². The monoisotopic (exact) mass is 527 g/mol. The molecule has 0 fully saturated rings. The summed E-state index contributed by atoms with van der Waals surface area (Å²) in [6, 6.07) is 15.5. The molecule has 0 aliphatic rings. The van der Waals surface area contributed by atoms with E-state index in [-0.39, 0.29) is 32.9 Å². The maximum Gasteiger partial charge on any atom is 0.271 e. The van der Waals surface area contributed by atoms with Crippen molar-refractivity contribution in [1.29, 1.82) is 0 Å². The highest BCUT2D eigenvalue weighted by Gasteiger charge is 2.28. The zero-order chi connectivity index (χ0) is 24.2. The molecule has 3 aromatic carbocycles. The predicted molar refractivity (Wildman–Crippen MR) is 127 cm³/mol. The first-order valence-corrected chi connectivity index (χ1v) is 11.9. The number of nitrogens with one attached hydrogen (secondary N) is 1. The molecule has 0 heterocycles. The molecule has 1 amide bonds. The molecule has 0 saturated carbocycles. The maximum absolute atomic E-state index is 13.3. The van der Waals surface area contributed by atoms with Crippen LogP contribution in [0.1, 0.15) is 5.56 Å². The Bertz CT molecular complexity index is 1280. The fourth-order valence-corrected chi connectivity index (χ4v) is 4.91. The van der Waals surface area contributed by atoms with Crippen LogP contribution in [0.3, 0.4) is 0 Å². The van der Waals surface area contributed by atoms with Gasteiger partial charge in [0.2, 0.25) is 15.9 Å². The lowest BCUT2D eigenvalue weighted by molar-refractivity contribution is -0.384. The number of hydrogen-bond acceptors (Lipinski definition) is 5. The molecule has 0 atom stereocenters. The van der Waals surface area contributed by atoms with Gasteiger partial charge in [-0.15, -0.1) is 0 Å². The quantitative estimate of drug-likeness (QED) is 0.312. The summed E-state index contributed by atoms with van der Waals surface area (Å²) >= 11 is 18.3. The number of nitro benzene ring substituents is 1. The normalized spacial score (nSPS) is 11.4. The molecule has 0 radical (unpaired) electrons. The van der Waals surface area contributed by atoms with Gasteiger partial charge >= 0.3 is 0 Å². The van der Waals surface area contributed by atoms with Crippen LogP contribution in [-0.2, 0) is 21.4 Å². The standard InChI is InChI=1S/C21H16Cl3N3O5S/c22-14-7-9-17(10-8-14)33(31,32)26(12-18-19(23)5-2-6-20(18)24)13-21(28)25-15-3-1-4-16(11-15)27(29)30/h1-11H,12-13H2,(H,25,28). The van der Waals surface area contributed by atoms with Gasteiger partial charge in [-0.3, -0.25) is 14.9 Å². The number of carbonyl (C=O) groups excluding carboxylic acids is 1. The van der Waals surface area contributed by atoms with Crippen molar-refractivity contribution in [2.24, 2.45) is 0 Å². The first kappa shape index (κ1) is 24.9. The Balaban J connectivity index is 1.93. The maximum atomic E-state index is 13.3. The molecule has 0 saturated heterocycles. The average Bonchev–Trinajstić information content (AvgIpc) is 2.76. The second-order valence-electron chi connectivity index (χ2n) is 6.78. The minimum Gasteiger partial charge on any atom is -0.325 e. The van der Waals surface area contributed by atoms with Gasteiger partial charge in [0.1, 0.15) is 0 Å². The van der Waals surface area contributed by atoms with E-state index in [0.717, 1.165) is 4.31 Å². The molecule has 0 bridgehead atoms. The van der Waals surface area contributed by atoms with Gasteiger partial charge in [0.25, 0.3) is 5.69 Å². The second-order valence-corrected chi connectivity index (χ2v) is 9.97. The lowest BCUT2D eigenvalue weighted by atomic mass is 10.2. The van der Waals surface area contributed by atoms with Crippen molar-refractivity contribution >= 4 is 62.1 Å². The van der Waals surface area contributed by atoms with Crippen LogP contribution >= 0.6 is 34.8 Å². The van der Waals surface area contributed by atoms with Gasteiger partial charge in [0, 0.05) is 45.0 Å². The van der Waals surface area contributed by atoms with Crippen LogP contribution in [0.25, 0.3) is 0 Å². The lowest BCUT2D eigenvalue weighted by Crippen LogP contribution is -2.37. The summed E-state index contributed by atoms with van der Waals surface area (Å²) in [6.45, 7) is -0.888. The van der Waals surface area contributed by atoms with E-state index in [2.05, 4.69) is 5.32 Å². The smallest absolute Gasteiger partial charge is 0.271 e. The Hall–Kier alpha value is -2.69. The van der Waals surface area contributed by atoms with E-state index >= 15 is 0 Å². The van der Waals surface area contributed by atoms with Gasteiger partial charge in [-0.25, -0.2) is 8.42 Å². The number of amides is 1. The van der Waals surface area contributed by atoms with Crippen molar-refractivity contribution < 1.29 is 18.1 Å². The van der Waals surface area contributed by atoms with E-state index in [9.17, 15) is 23.3 Å². The summed E-state index contributed by atoms with van der Waals surface area (Å²) in [5.41, 5.74) is 0.247. The van der Waals surface area contributed by atoms with Crippen molar-refractivity contribution in [3.8, 4) is 0 Å². The molecule has 12 heteroatoms. The summed E-state index contributed by atoms with van der Waals surface area (Å²) < 4.78 is 27.6. The summed E-state index contributed by atoms with van der Waals surface area (Å²) in [5.74, 6) is -0.712. The summed E-state index contributed by atoms with van der Waals surface area (Å²) in [6.07, 6.45) is 0. The zero-order valence-corrected chi connectivity index (χ0v) is 19.8. The first-order chi connectivity index (χ1) is 15.6. The Labute approximate surface area is 204 Å². The number of benzene rings is 3. The minimum atomic E-state index is -4.17. The van der Waals surface area contributed by atoms with E-state index in [4.69, 9.17) is 34.8 Å². The third-order valence-electron chi connectivity index (χ3n) is 4.51. The fraction of sp³-hybridized carbons (Fsp3) is 0.0952. The largest absolute Gasteiger partial charge is 0.325 e. The topological polar surface area (TPSA) is 110 Å². The number of hydrogen-bond donors (Lipinski definition) is 1. The average molecular weight is 529 g/mol. The van der Waals surface area contributed by atoms with E-state index < -0.39 is 27.4 Å². The van der Waals surface area contributed by atoms with E-state index in [1.54, 1.807) is 18.2 Å². The van der Waals surface area contributed by atoms with Gasteiger partial charge < -0.3 is 5.32 Å². The zero-order valence-electron chi connectivity index (χ0n) is 16.7. The molecular weight excluding hydrogens is 513 g/mol. The van der Waals surface area contributed by atoms with Crippen LogP contribution in [0.15, 0.2) is 71.6 Å². The lowest BCUT2D eigenvalue weighted by Gasteiger charge is -2.23. The molecule has 3 aromatic rings. The fourth-order valence-electron chi connectivity index (χ4n) is 2.90. The van der Waals surface area contributed by atoms with Crippen molar-refractivity contribution in [2.75, 3.05) is 11.9 Å². The van der Waals surface area contributed by atoms with E-state index in [1.807, 2.05) is 0 Å². The summed E-state index contributed by atoms with van der Waals surface area (Å²) in [7, 11) is -4.17. The van der Waals surface area contributed by atoms with Gasteiger partial charge in [-0.1, -0.05) is 46.9 Å². The van der Waals surface area contributed by atoms with Crippen molar-refractivity contribution in [1.82, 2.24) is 4.31 Å². The Morgan fingerprint density at radius 1 is 0.970 bits per heavy atom. The molecule has 0 unspecified atom stereocenters. The molecular formula is C21H16Cl3N3O5S. The number of nitro groups is 1. The molecule has 3 rings (SSSR count). The first-order valence-electron chi connectivity index (χ1n) is 9.31. The molecule has 33 heavy (non-hydrogen) atoms. The number of anilines is 1. The molecule has 172 valence electrons. The van der Waals surface area contributed by atoms with Gasteiger partial charge in [0.15, 0.2) is 0 Å². The van der Waals surface area contributed by atoms with Crippen LogP contribution in [0.2, 0.25) is 15.1 Å². The molecule has 0 aromatic heterocycles. The number of halogens is 3. The predicted octanol–water partition coefficient (Wildman–Crippen LogP) is 5.38. The number of nitrogens with zero attached hydrogens (tertiary/aromatic N) is 2. The highest BCUT2D eigenvalue weighted by Crippen LogP contribution is 2.28. The molecule has 0 spiro atoms. The third-order valence-corrected chi connectivity index (χ3v) is 7.27. The summed E-state index contributed by atoms with van der Waals surface area (Å²) in [4.78, 5) is 23.0. The highest BCUT2D eigenvalue weighted by molar-refractivity contribution is 7.89. The Kier molecular flexibility index (Phi) is 7.93. The van der Waals surface area contributed by atoms with Crippen LogP contribution in [0, 0.1) is 10.1 Å². The van der Waals surface area contributed by atoms with Crippen molar-refractivity contribution in [3.05, 3.63) is 97.5 Å². The van der Waals surface area contributed by atoms with Crippen LogP contribution < -0.4 is 5.32 Å². The van der Waals surface area contributed by atoms with Crippen molar-refractivity contribution in [2.45, 2.75) is 11.4 Å². The van der Waals surface area contributed by atoms with E-state index in [1.165, 1.54) is 48.5 Å². The van der Waals surface area contributed by atoms with Gasteiger partial charge in [-0.05, 0) is 42.5 Å². The number of carbonyl (C=O) groups is 1. The second kappa shape index (κ2) is 10.5. The number of rotatable bonds is 8. The number of sulfonamides is 1. The Morgan fingerprint density at radius 3 is 2.18 bits per heavy atom. The highest BCUT2D eigenvalue weighted by atomic mass is 35.5. The van der Waals surface area contributed by atoms with Gasteiger partial charge in [-0.2, -0.15) is 4.31 Å². The minimum absolute atomic E-state index is 0.0850. The third kappa shape index (κ3) is 6.21. The van der Waals surface area contributed by atoms with Gasteiger partial charge in [0.05, 0.1) is 16.4 Å². The summed E-state index contributed by atoms with van der Waals surface area (Å²) in [5, 5.41) is 14.3. The van der Waals surface area contributed by atoms with Crippen LogP contribution in [0.4, 0.5) is 11.4 Å². The van der Waals surface area contributed by atoms with Crippen LogP contribution in [0.5, 0.6) is 0 Å². The molecule has 1 N–H and O–H groups in total. The molecule has 0 aliphatic carbocycles. The molecule has 0 aliphatic heterocycles.